The lowest BCUT2D eigenvalue weighted by Crippen LogP contribution is -2.68. The van der Waals surface area contributed by atoms with E-state index in [9.17, 15) is 10.4 Å². The summed E-state index contributed by atoms with van der Waals surface area (Å²) in [6.07, 6.45) is 5.81. The first-order valence-electron chi connectivity index (χ1n) is 15.3. The number of methoxy groups -OCH3 is 1. The van der Waals surface area contributed by atoms with E-state index in [4.69, 9.17) is 21.3 Å². The lowest BCUT2D eigenvalue weighted by molar-refractivity contribution is -0.00868. The summed E-state index contributed by atoms with van der Waals surface area (Å²) in [5.74, 6) is 1.44. The van der Waals surface area contributed by atoms with E-state index in [1.54, 1.807) is 42.9 Å². The first kappa shape index (κ1) is 19.9. The van der Waals surface area contributed by atoms with Crippen molar-refractivity contribution in [2.75, 3.05) is 31.6 Å². The molecule has 3 aliphatic heterocycles. The minimum absolute atomic E-state index is 0.0160. The van der Waals surface area contributed by atoms with Gasteiger partial charge < -0.3 is 19.5 Å². The van der Waals surface area contributed by atoms with Crippen molar-refractivity contribution in [1.82, 2.24) is 19.5 Å². The van der Waals surface area contributed by atoms with Crippen LogP contribution in [0.4, 0.5) is 5.82 Å². The van der Waals surface area contributed by atoms with Gasteiger partial charge in [0.05, 0.1) is 40.2 Å². The Kier molecular flexibility index (Phi) is 5.03. The van der Waals surface area contributed by atoms with Crippen LogP contribution in [0.1, 0.15) is 38.2 Å². The average Bonchev–Trinajstić information content (AvgIpc) is 3.38. The molecule has 3 saturated heterocycles. The van der Waals surface area contributed by atoms with E-state index in [1.165, 1.54) is 18.3 Å². The smallest absolute Gasteiger partial charge is 0.138 e. The molecule has 0 saturated carbocycles. The van der Waals surface area contributed by atoms with Gasteiger partial charge in [-0.2, -0.15) is 10.4 Å². The molecule has 2 atom stereocenters. The number of nitriles is 1. The van der Waals surface area contributed by atoms with Gasteiger partial charge in [0.1, 0.15) is 30.0 Å². The third-order valence-corrected chi connectivity index (χ3v) is 7.11. The maximum atomic E-state index is 10.1. The van der Waals surface area contributed by atoms with Gasteiger partial charge in [0.2, 0.25) is 0 Å². The van der Waals surface area contributed by atoms with Crippen LogP contribution in [0.3, 0.4) is 0 Å². The van der Waals surface area contributed by atoms with E-state index >= 15 is 0 Å². The second-order valence-corrected chi connectivity index (χ2v) is 10.7. The zero-order valence-electron chi connectivity index (χ0n) is 26.7. The van der Waals surface area contributed by atoms with Crippen molar-refractivity contribution in [3.05, 3.63) is 72.2 Å². The van der Waals surface area contributed by atoms with Gasteiger partial charge in [0, 0.05) is 51.7 Å². The Hall–Kier alpha value is -4.13. The molecule has 3 fully saturated rings. The number of hydrogen-bond acceptors (Lipinski definition) is 8. The van der Waals surface area contributed by atoms with Crippen LogP contribution >= 0.6 is 0 Å². The molecule has 2 bridgehead atoms. The van der Waals surface area contributed by atoms with Gasteiger partial charge in [-0.15, -0.1) is 0 Å². The SMILES string of the molecule is [2H]C([2H])([2H])Oc1ccc(C([2H])([2H])N2C3CC2CN(c2ccc(-c4cc(OCC(C)(C)O)cn5ncc(C#N)c45)cn2)C3)cc1. The lowest BCUT2D eigenvalue weighted by Gasteiger charge is -2.56. The van der Waals surface area contributed by atoms with Crippen LogP contribution in [0.25, 0.3) is 16.6 Å². The highest BCUT2D eigenvalue weighted by molar-refractivity contribution is 5.85. The summed E-state index contributed by atoms with van der Waals surface area (Å²) >= 11 is 0. The summed E-state index contributed by atoms with van der Waals surface area (Å²) in [6, 6.07) is 14.0. The summed E-state index contributed by atoms with van der Waals surface area (Å²) in [7, 11) is -2.56. The standard InChI is InChI=1S/C30H32N6O3/c1-30(2,37)19-39-26-11-27(29-22(12-31)14-33-36(29)18-26)21-6-9-28(32-13-21)34-16-23-10-24(17-34)35(23)15-20-4-7-25(38-3)8-5-20/h4-9,11,13-14,18,23-24,37H,10,15-17,19H2,1-3H3/i3D3,15D2. The Bertz CT molecular complexity index is 1700. The van der Waals surface area contributed by atoms with Gasteiger partial charge in [-0.3, -0.25) is 4.90 Å². The van der Waals surface area contributed by atoms with E-state index in [1.807, 2.05) is 23.1 Å². The predicted octanol–water partition coefficient (Wildman–Crippen LogP) is 3.89. The Morgan fingerprint density at radius 1 is 1.15 bits per heavy atom. The van der Waals surface area contributed by atoms with Crippen molar-refractivity contribution < 1.29 is 21.4 Å². The minimum Gasteiger partial charge on any atom is -0.497 e. The second kappa shape index (κ2) is 9.88. The molecule has 0 radical (unpaired) electrons. The number of hydrogen-bond donors (Lipinski definition) is 1. The molecular formula is C30H32N6O3. The molecule has 2 unspecified atom stereocenters. The van der Waals surface area contributed by atoms with Crippen LogP contribution in [0.2, 0.25) is 0 Å². The Labute approximate surface area is 234 Å². The van der Waals surface area contributed by atoms with Gasteiger partial charge in [0.15, 0.2) is 0 Å². The summed E-state index contributed by atoms with van der Waals surface area (Å²) in [4.78, 5) is 8.78. The molecule has 0 amide bonds. The van der Waals surface area contributed by atoms with Gasteiger partial charge in [-0.25, -0.2) is 9.50 Å². The number of nitrogens with zero attached hydrogens (tertiary/aromatic N) is 6. The van der Waals surface area contributed by atoms with Crippen LogP contribution in [-0.2, 0) is 6.50 Å². The third-order valence-electron chi connectivity index (χ3n) is 7.11. The quantitative estimate of drug-likeness (QED) is 0.367. The van der Waals surface area contributed by atoms with E-state index in [0.717, 1.165) is 23.4 Å². The van der Waals surface area contributed by atoms with E-state index in [2.05, 4.69) is 16.1 Å². The third kappa shape index (κ3) is 5.01. The number of benzene rings is 1. The van der Waals surface area contributed by atoms with Crippen molar-refractivity contribution in [2.24, 2.45) is 0 Å². The zero-order chi connectivity index (χ0) is 31.4. The molecule has 3 aliphatic rings. The Morgan fingerprint density at radius 3 is 2.62 bits per heavy atom. The predicted molar refractivity (Wildman–Crippen MR) is 148 cm³/mol. The number of ether oxygens (including phenoxy) is 2. The number of anilines is 1. The maximum absolute atomic E-state index is 10.1. The number of fused-ring (bicyclic) bond motifs is 3. The molecule has 9 heteroatoms. The molecule has 0 spiro atoms. The molecular weight excluding hydrogens is 492 g/mol. The molecule has 1 N–H and O–H groups in total. The molecule has 4 aromatic rings. The fraction of sp³-hybridized carbons (Fsp3) is 0.367. The van der Waals surface area contributed by atoms with E-state index in [-0.39, 0.29) is 24.4 Å². The van der Waals surface area contributed by atoms with Gasteiger partial charge in [0.25, 0.3) is 0 Å². The highest BCUT2D eigenvalue weighted by Gasteiger charge is 2.44. The second-order valence-electron chi connectivity index (χ2n) is 10.7. The molecule has 1 aromatic carbocycles. The number of aliphatic hydroxyl groups is 1. The molecule has 39 heavy (non-hydrogen) atoms. The molecule has 7 rings (SSSR count). The summed E-state index contributed by atoms with van der Waals surface area (Å²) in [5, 5.41) is 24.1. The zero-order valence-corrected chi connectivity index (χ0v) is 21.7. The van der Waals surface area contributed by atoms with Crippen molar-refractivity contribution in [3.63, 3.8) is 0 Å². The first-order chi connectivity index (χ1) is 20.7. The number of piperidine rings is 1. The highest BCUT2D eigenvalue weighted by Crippen LogP contribution is 2.37. The van der Waals surface area contributed by atoms with Crippen LogP contribution in [0.15, 0.2) is 61.1 Å². The molecule has 9 nitrogen and oxygen atoms in total. The Morgan fingerprint density at radius 2 is 1.95 bits per heavy atom. The van der Waals surface area contributed by atoms with Crippen LogP contribution < -0.4 is 14.4 Å². The average molecular weight is 530 g/mol. The van der Waals surface area contributed by atoms with Gasteiger partial charge in [-0.05, 0) is 56.2 Å². The number of aromatic nitrogens is 3. The summed E-state index contributed by atoms with van der Waals surface area (Å²) in [5.41, 5.74) is 1.97. The molecule has 6 heterocycles. The normalized spacial score (nSPS) is 21.6. The van der Waals surface area contributed by atoms with E-state index < -0.39 is 19.1 Å². The molecule has 3 aromatic heterocycles. The summed E-state index contributed by atoms with van der Waals surface area (Å²) < 4.78 is 51.9. The summed E-state index contributed by atoms with van der Waals surface area (Å²) in [6.45, 7) is 2.88. The lowest BCUT2D eigenvalue weighted by atomic mass is 9.86. The fourth-order valence-electron chi connectivity index (χ4n) is 5.20. The number of rotatable bonds is 8. The van der Waals surface area contributed by atoms with Crippen molar-refractivity contribution in [3.8, 4) is 28.7 Å². The van der Waals surface area contributed by atoms with Crippen LogP contribution in [0, 0.1) is 11.3 Å². The highest BCUT2D eigenvalue weighted by atomic mass is 16.5. The molecule has 200 valence electrons. The van der Waals surface area contributed by atoms with Crippen LogP contribution in [-0.4, -0.2) is 69.0 Å². The van der Waals surface area contributed by atoms with E-state index in [0.29, 0.717) is 35.5 Å². The topological polar surface area (TPSA) is 99.1 Å². The fourth-order valence-corrected chi connectivity index (χ4v) is 5.20. The van der Waals surface area contributed by atoms with Crippen LogP contribution in [0.5, 0.6) is 11.5 Å². The minimum atomic E-state index is -2.56. The number of piperazine rings is 1. The maximum Gasteiger partial charge on any atom is 0.138 e. The van der Waals surface area contributed by atoms with Gasteiger partial charge in [-0.1, -0.05) is 12.1 Å². The first-order valence-corrected chi connectivity index (χ1v) is 12.8. The van der Waals surface area contributed by atoms with Crippen molar-refractivity contribution in [2.45, 2.75) is 44.4 Å². The van der Waals surface area contributed by atoms with Gasteiger partial charge >= 0.3 is 0 Å². The molecule has 0 aliphatic carbocycles. The van der Waals surface area contributed by atoms with Crippen molar-refractivity contribution in [1.29, 1.82) is 5.26 Å². The van der Waals surface area contributed by atoms with Crippen molar-refractivity contribution >= 4 is 11.3 Å². The number of pyridine rings is 2. The monoisotopic (exact) mass is 529 g/mol. The Balaban J connectivity index is 1.19. The largest absolute Gasteiger partial charge is 0.497 e.